The third-order valence-corrected chi connectivity index (χ3v) is 7.54. The van der Waals surface area contributed by atoms with Gasteiger partial charge in [0, 0.05) is 17.5 Å². The van der Waals surface area contributed by atoms with Crippen LogP contribution in [0.15, 0.2) is 71.1 Å². The Morgan fingerprint density at radius 2 is 1.83 bits per heavy atom. The molecular weight excluding hydrogens is 484 g/mol. The lowest BCUT2D eigenvalue weighted by molar-refractivity contribution is -0.123. The van der Waals surface area contributed by atoms with E-state index in [0.717, 1.165) is 21.2 Å². The lowest BCUT2D eigenvalue weighted by atomic mass is 10.1. The molecule has 35 heavy (non-hydrogen) atoms. The van der Waals surface area contributed by atoms with E-state index in [1.54, 1.807) is 53.4 Å². The Bertz CT molecular complexity index is 1340. The number of benzene rings is 3. The van der Waals surface area contributed by atoms with Crippen LogP contribution < -0.4 is 14.8 Å². The van der Waals surface area contributed by atoms with Gasteiger partial charge < -0.3 is 19.5 Å². The number of nitrogens with one attached hydrogen (secondary N) is 1. The molecule has 9 heteroatoms. The highest BCUT2D eigenvalue weighted by Gasteiger charge is 2.20. The minimum atomic E-state index is -0.968. The Hall–Kier alpha value is -3.56. The number of nitrogens with zero attached hydrogens (tertiary/aromatic N) is 1. The van der Waals surface area contributed by atoms with Crippen molar-refractivity contribution in [3.8, 4) is 11.5 Å². The standard InChI is InChI=1S/C26H22N2O5S2/c1-16(24(29)27-19-10-11-21-22(14-19)32-13-12-31-21)33-25(30)18-8-6-17(7-9-18)15-34-26-28-20-4-2-3-5-23(20)35-26/h2-11,14,16H,12-13,15H2,1H3,(H,27,29). The first-order chi connectivity index (χ1) is 17.0. The minimum Gasteiger partial charge on any atom is -0.486 e. The van der Waals surface area contributed by atoms with Gasteiger partial charge in [0.2, 0.25) is 0 Å². The number of thioether (sulfide) groups is 1. The average molecular weight is 507 g/mol. The van der Waals surface area contributed by atoms with E-state index in [1.807, 2.05) is 30.3 Å². The Morgan fingerprint density at radius 3 is 2.63 bits per heavy atom. The van der Waals surface area contributed by atoms with Gasteiger partial charge in [-0.15, -0.1) is 11.3 Å². The molecule has 0 saturated heterocycles. The van der Waals surface area contributed by atoms with Crippen LogP contribution in [0.25, 0.3) is 10.2 Å². The topological polar surface area (TPSA) is 86.8 Å². The van der Waals surface area contributed by atoms with E-state index in [9.17, 15) is 9.59 Å². The van der Waals surface area contributed by atoms with Gasteiger partial charge in [-0.2, -0.15) is 0 Å². The van der Waals surface area contributed by atoms with Gasteiger partial charge in [-0.25, -0.2) is 9.78 Å². The normalized spacial score (nSPS) is 13.3. The number of hydrogen-bond donors (Lipinski definition) is 1. The quantitative estimate of drug-likeness (QED) is 0.260. The number of carbonyl (C=O) groups is 2. The van der Waals surface area contributed by atoms with E-state index in [1.165, 1.54) is 11.6 Å². The van der Waals surface area contributed by atoms with Gasteiger partial charge in [0.05, 0.1) is 15.8 Å². The number of carbonyl (C=O) groups excluding carboxylic acids is 2. The summed E-state index contributed by atoms with van der Waals surface area (Å²) in [5, 5.41) is 2.74. The van der Waals surface area contributed by atoms with Crippen molar-refractivity contribution in [1.82, 2.24) is 4.98 Å². The fraction of sp³-hybridized carbons (Fsp3) is 0.192. The number of hydrogen-bond acceptors (Lipinski definition) is 8. The molecule has 1 aromatic heterocycles. The average Bonchev–Trinajstić information content (AvgIpc) is 3.31. The molecule has 2 heterocycles. The molecule has 178 valence electrons. The molecule has 0 radical (unpaired) electrons. The van der Waals surface area contributed by atoms with Crippen molar-refractivity contribution in [2.24, 2.45) is 0 Å². The fourth-order valence-electron chi connectivity index (χ4n) is 3.44. The Balaban J connectivity index is 1.13. The van der Waals surface area contributed by atoms with Gasteiger partial charge in [0.1, 0.15) is 13.2 Å². The number of thiazole rings is 1. The second-order valence-electron chi connectivity index (χ2n) is 7.83. The predicted molar refractivity (Wildman–Crippen MR) is 137 cm³/mol. The van der Waals surface area contributed by atoms with Crippen LogP contribution in [0.3, 0.4) is 0 Å². The van der Waals surface area contributed by atoms with Crippen molar-refractivity contribution < 1.29 is 23.8 Å². The fourth-order valence-corrected chi connectivity index (χ4v) is 5.47. The monoisotopic (exact) mass is 506 g/mol. The van der Waals surface area contributed by atoms with E-state index in [2.05, 4.69) is 16.4 Å². The third-order valence-electron chi connectivity index (χ3n) is 5.29. The molecule has 1 amide bonds. The minimum absolute atomic E-state index is 0.387. The largest absolute Gasteiger partial charge is 0.486 e. The Morgan fingerprint density at radius 1 is 1.06 bits per heavy atom. The molecule has 1 aliphatic rings. The van der Waals surface area contributed by atoms with Crippen molar-refractivity contribution in [2.45, 2.75) is 23.1 Å². The summed E-state index contributed by atoms with van der Waals surface area (Å²) < 4.78 is 18.5. The highest BCUT2D eigenvalue weighted by atomic mass is 32.2. The van der Waals surface area contributed by atoms with E-state index in [-0.39, 0.29) is 0 Å². The first-order valence-corrected chi connectivity index (χ1v) is 12.8. The summed E-state index contributed by atoms with van der Waals surface area (Å²) in [7, 11) is 0. The molecule has 4 aromatic rings. The summed E-state index contributed by atoms with van der Waals surface area (Å²) >= 11 is 3.33. The van der Waals surface area contributed by atoms with Crippen LogP contribution in [0.4, 0.5) is 5.69 Å². The molecule has 1 aliphatic heterocycles. The first kappa shape index (κ1) is 23.2. The Labute approximate surface area is 210 Å². The number of ether oxygens (including phenoxy) is 3. The summed E-state index contributed by atoms with van der Waals surface area (Å²) in [5.74, 6) is 0.957. The molecule has 1 N–H and O–H groups in total. The summed E-state index contributed by atoms with van der Waals surface area (Å²) in [6.07, 6.45) is -0.968. The van der Waals surface area contributed by atoms with Crippen LogP contribution in [0.2, 0.25) is 0 Å². The summed E-state index contributed by atoms with van der Waals surface area (Å²) in [6, 6.07) is 20.4. The molecule has 0 fully saturated rings. The molecule has 1 atom stereocenters. The van der Waals surface area contributed by atoms with Crippen molar-refractivity contribution in [2.75, 3.05) is 18.5 Å². The number of esters is 1. The van der Waals surface area contributed by atoms with Crippen molar-refractivity contribution in [1.29, 1.82) is 0 Å². The molecule has 1 unspecified atom stereocenters. The SMILES string of the molecule is CC(OC(=O)c1ccc(CSc2nc3ccccc3s2)cc1)C(=O)Nc1ccc2c(c1)OCCO2. The second kappa shape index (κ2) is 10.4. The van der Waals surface area contributed by atoms with Crippen molar-refractivity contribution in [3.05, 3.63) is 77.9 Å². The zero-order chi connectivity index (χ0) is 24.2. The maximum atomic E-state index is 12.5. The number of rotatable bonds is 7. The van der Waals surface area contributed by atoms with Crippen molar-refractivity contribution >= 4 is 50.9 Å². The summed E-state index contributed by atoms with van der Waals surface area (Å²) in [6.45, 7) is 2.49. The molecule has 0 spiro atoms. The van der Waals surface area contributed by atoms with E-state index in [4.69, 9.17) is 14.2 Å². The predicted octanol–water partition coefficient (Wildman–Crippen LogP) is 5.54. The van der Waals surface area contributed by atoms with Crippen LogP contribution in [0.5, 0.6) is 11.5 Å². The molecule has 7 nitrogen and oxygen atoms in total. The number of para-hydroxylation sites is 1. The lowest BCUT2D eigenvalue weighted by Gasteiger charge is -2.19. The van der Waals surface area contributed by atoms with E-state index >= 15 is 0 Å². The molecule has 0 saturated carbocycles. The van der Waals surface area contributed by atoms with Crippen LogP contribution in [-0.2, 0) is 15.3 Å². The van der Waals surface area contributed by atoms with Crippen molar-refractivity contribution in [3.63, 3.8) is 0 Å². The highest BCUT2D eigenvalue weighted by molar-refractivity contribution is 8.00. The second-order valence-corrected chi connectivity index (χ2v) is 10.1. The summed E-state index contributed by atoms with van der Waals surface area (Å²) in [4.78, 5) is 29.7. The number of amides is 1. The highest BCUT2D eigenvalue weighted by Crippen LogP contribution is 2.33. The summed E-state index contributed by atoms with van der Waals surface area (Å²) in [5.41, 5.74) is 3.00. The smallest absolute Gasteiger partial charge is 0.338 e. The lowest BCUT2D eigenvalue weighted by Crippen LogP contribution is -2.30. The van der Waals surface area contributed by atoms with Crippen LogP contribution >= 0.6 is 23.1 Å². The number of anilines is 1. The zero-order valence-electron chi connectivity index (χ0n) is 18.9. The number of aromatic nitrogens is 1. The molecule has 5 rings (SSSR count). The van der Waals surface area contributed by atoms with Crippen LogP contribution in [-0.4, -0.2) is 36.2 Å². The number of fused-ring (bicyclic) bond motifs is 2. The maximum Gasteiger partial charge on any atom is 0.338 e. The zero-order valence-corrected chi connectivity index (χ0v) is 20.5. The first-order valence-electron chi connectivity index (χ1n) is 11.0. The van der Waals surface area contributed by atoms with Gasteiger partial charge in [-0.05, 0) is 48.9 Å². The molecular formula is C26H22N2O5S2. The van der Waals surface area contributed by atoms with Gasteiger partial charge in [-0.3, -0.25) is 4.79 Å². The van der Waals surface area contributed by atoms with Crippen LogP contribution in [0.1, 0.15) is 22.8 Å². The molecule has 0 bridgehead atoms. The van der Waals surface area contributed by atoms with Gasteiger partial charge in [0.15, 0.2) is 21.9 Å². The van der Waals surface area contributed by atoms with Gasteiger partial charge in [0.25, 0.3) is 5.91 Å². The van der Waals surface area contributed by atoms with E-state index in [0.29, 0.717) is 36.0 Å². The van der Waals surface area contributed by atoms with Crippen LogP contribution in [0, 0.1) is 0 Å². The molecule has 0 aliphatic carbocycles. The van der Waals surface area contributed by atoms with E-state index < -0.39 is 18.0 Å². The Kier molecular flexibility index (Phi) is 6.87. The van der Waals surface area contributed by atoms with Gasteiger partial charge in [-0.1, -0.05) is 36.0 Å². The van der Waals surface area contributed by atoms with Gasteiger partial charge >= 0.3 is 5.97 Å². The molecule has 3 aromatic carbocycles. The third kappa shape index (κ3) is 5.58. The maximum absolute atomic E-state index is 12.5.